The van der Waals surface area contributed by atoms with Gasteiger partial charge in [0, 0.05) is 23.6 Å². The Morgan fingerprint density at radius 3 is 2.53 bits per heavy atom. The highest BCUT2D eigenvalue weighted by molar-refractivity contribution is 8.15. The molecule has 5 rings (SSSR count). The van der Waals surface area contributed by atoms with Gasteiger partial charge in [-0.3, -0.25) is 9.59 Å². The summed E-state index contributed by atoms with van der Waals surface area (Å²) in [6.07, 6.45) is 0.707. The van der Waals surface area contributed by atoms with Crippen molar-refractivity contribution in [1.82, 2.24) is 5.01 Å². The van der Waals surface area contributed by atoms with Crippen molar-refractivity contribution in [1.29, 1.82) is 0 Å². The van der Waals surface area contributed by atoms with Crippen molar-refractivity contribution in [2.24, 2.45) is 10.1 Å². The molecular weight excluding hydrogens is 492 g/mol. The summed E-state index contributed by atoms with van der Waals surface area (Å²) in [5, 5.41) is 10.2. The Balaban J connectivity index is 1.35. The zero-order valence-corrected chi connectivity index (χ0v) is 21.5. The molecule has 0 saturated heterocycles. The molecule has 1 N–H and O–H groups in total. The van der Waals surface area contributed by atoms with E-state index in [4.69, 9.17) is 16.7 Å². The van der Waals surface area contributed by atoms with Gasteiger partial charge in [-0.15, -0.1) is 0 Å². The molecule has 8 heteroatoms. The van der Waals surface area contributed by atoms with Crippen LogP contribution in [0.5, 0.6) is 0 Å². The van der Waals surface area contributed by atoms with Gasteiger partial charge in [0.2, 0.25) is 5.91 Å². The van der Waals surface area contributed by atoms with Gasteiger partial charge in [-0.05, 0) is 49.2 Å². The molecule has 2 aliphatic rings. The van der Waals surface area contributed by atoms with Gasteiger partial charge in [-0.25, -0.2) is 5.01 Å². The van der Waals surface area contributed by atoms with E-state index in [-0.39, 0.29) is 24.3 Å². The molecule has 2 atom stereocenters. The van der Waals surface area contributed by atoms with E-state index in [1.807, 2.05) is 66.5 Å². The van der Waals surface area contributed by atoms with Crippen molar-refractivity contribution >= 4 is 51.7 Å². The number of rotatable bonds is 5. The summed E-state index contributed by atoms with van der Waals surface area (Å²) in [6.45, 7) is 4.04. The van der Waals surface area contributed by atoms with Crippen molar-refractivity contribution in [3.8, 4) is 0 Å². The zero-order valence-electron chi connectivity index (χ0n) is 19.9. The van der Waals surface area contributed by atoms with Gasteiger partial charge < -0.3 is 5.32 Å². The third kappa shape index (κ3) is 5.37. The number of aliphatic imine (C=N–C) groups is 1. The van der Waals surface area contributed by atoms with E-state index in [1.54, 1.807) is 0 Å². The van der Waals surface area contributed by atoms with Crippen molar-refractivity contribution in [3.63, 3.8) is 0 Å². The van der Waals surface area contributed by atoms with Crippen molar-refractivity contribution in [2.45, 2.75) is 38.0 Å². The molecule has 2 aliphatic heterocycles. The molecule has 2 amide bonds. The average Bonchev–Trinajstić information content (AvgIpc) is 3.45. The van der Waals surface area contributed by atoms with Gasteiger partial charge in [-0.2, -0.15) is 10.1 Å². The predicted molar refractivity (Wildman–Crippen MR) is 147 cm³/mol. The fraction of sp³-hybridized carbons (Fsp3) is 0.214. The van der Waals surface area contributed by atoms with Crippen LogP contribution in [-0.2, 0) is 9.59 Å². The summed E-state index contributed by atoms with van der Waals surface area (Å²) < 4.78 is 0. The molecule has 0 saturated carbocycles. The number of amidine groups is 1. The molecule has 0 spiro atoms. The van der Waals surface area contributed by atoms with Gasteiger partial charge in [0.25, 0.3) is 5.91 Å². The smallest absolute Gasteiger partial charge is 0.262 e. The minimum Gasteiger partial charge on any atom is -0.326 e. The quantitative estimate of drug-likeness (QED) is 0.442. The number of amides is 2. The third-order valence-electron chi connectivity index (χ3n) is 6.15. The first kappa shape index (κ1) is 24.3. The molecule has 0 aliphatic carbocycles. The van der Waals surface area contributed by atoms with Gasteiger partial charge in [0.05, 0.1) is 11.8 Å². The van der Waals surface area contributed by atoms with Crippen molar-refractivity contribution < 1.29 is 9.59 Å². The fourth-order valence-electron chi connectivity index (χ4n) is 4.26. The molecule has 36 heavy (non-hydrogen) atoms. The fourth-order valence-corrected chi connectivity index (χ4v) is 5.45. The van der Waals surface area contributed by atoms with E-state index in [0.29, 0.717) is 22.3 Å². The Hall–Kier alpha value is -3.42. The van der Waals surface area contributed by atoms with E-state index in [9.17, 15) is 9.59 Å². The third-order valence-corrected chi connectivity index (χ3v) is 7.54. The highest BCUT2D eigenvalue weighted by atomic mass is 35.5. The molecule has 0 unspecified atom stereocenters. The van der Waals surface area contributed by atoms with Crippen LogP contribution in [-0.4, -0.2) is 33.0 Å². The minimum atomic E-state index is -0.585. The number of aryl methyl sites for hydroxylation is 2. The number of nitrogens with one attached hydrogen (secondary N) is 1. The molecule has 3 aromatic rings. The van der Waals surface area contributed by atoms with E-state index >= 15 is 0 Å². The molecule has 0 fully saturated rings. The maximum Gasteiger partial charge on any atom is 0.262 e. The van der Waals surface area contributed by atoms with Crippen LogP contribution in [0.4, 0.5) is 5.69 Å². The Morgan fingerprint density at radius 1 is 1.06 bits per heavy atom. The SMILES string of the molecule is Cc1ccc(NC(=O)C[C@@H]2SC(N3N=C(c4ccc(Cl)cc4)C[C@@H]3c3cccc(C)c3)=NC2=O)cc1. The lowest BCUT2D eigenvalue weighted by molar-refractivity contribution is -0.121. The summed E-state index contributed by atoms with van der Waals surface area (Å²) in [5.74, 6) is -0.532. The largest absolute Gasteiger partial charge is 0.326 e. The van der Waals surface area contributed by atoms with E-state index in [2.05, 4.69) is 35.4 Å². The number of hydrazone groups is 1. The Labute approximate surface area is 219 Å². The van der Waals surface area contributed by atoms with Crippen LogP contribution in [0.2, 0.25) is 5.02 Å². The standard InChI is InChI=1S/C28H25ClN4O2S/c1-17-6-12-22(13-7-17)30-26(34)16-25-27(35)31-28(36-25)33-24(20-5-3-4-18(2)14-20)15-23(32-33)19-8-10-21(29)11-9-19/h3-14,24-25H,15-16H2,1-2H3,(H,30,34)/t24-,25+/m1/s1. The number of nitrogens with zero attached hydrogens (tertiary/aromatic N) is 3. The zero-order chi connectivity index (χ0) is 25.2. The number of benzene rings is 3. The topological polar surface area (TPSA) is 74.1 Å². The normalized spacial score (nSPS) is 19.3. The second kappa shape index (κ2) is 10.3. The van der Waals surface area contributed by atoms with Crippen LogP contribution in [0.25, 0.3) is 0 Å². The van der Waals surface area contributed by atoms with Gasteiger partial charge in [-0.1, -0.05) is 83.0 Å². The van der Waals surface area contributed by atoms with Gasteiger partial charge in [0.15, 0.2) is 5.17 Å². The van der Waals surface area contributed by atoms with Gasteiger partial charge in [0.1, 0.15) is 5.25 Å². The molecule has 182 valence electrons. The first-order chi connectivity index (χ1) is 17.4. The molecule has 0 radical (unpaired) electrons. The molecule has 0 aromatic heterocycles. The first-order valence-electron chi connectivity index (χ1n) is 11.7. The van der Waals surface area contributed by atoms with Crippen LogP contribution < -0.4 is 5.32 Å². The lowest BCUT2D eigenvalue weighted by Crippen LogP contribution is -2.25. The molecule has 6 nitrogen and oxygen atoms in total. The maximum absolute atomic E-state index is 12.8. The van der Waals surface area contributed by atoms with Gasteiger partial charge >= 0.3 is 0 Å². The van der Waals surface area contributed by atoms with Crippen LogP contribution in [0.1, 0.15) is 41.1 Å². The number of anilines is 1. The van der Waals surface area contributed by atoms with Crippen LogP contribution >= 0.6 is 23.4 Å². The second-order valence-electron chi connectivity index (χ2n) is 8.99. The van der Waals surface area contributed by atoms with E-state index in [0.717, 1.165) is 28.0 Å². The second-order valence-corrected chi connectivity index (χ2v) is 10.6. The summed E-state index contributed by atoms with van der Waals surface area (Å²) in [7, 11) is 0. The highest BCUT2D eigenvalue weighted by Crippen LogP contribution is 2.39. The van der Waals surface area contributed by atoms with Crippen molar-refractivity contribution in [2.75, 3.05) is 5.32 Å². The molecule has 2 heterocycles. The minimum absolute atomic E-state index is 0.0427. The lowest BCUT2D eigenvalue weighted by atomic mass is 9.97. The lowest BCUT2D eigenvalue weighted by Gasteiger charge is -2.23. The molecular formula is C28H25ClN4O2S. The Morgan fingerprint density at radius 2 is 1.81 bits per heavy atom. The summed E-state index contributed by atoms with van der Waals surface area (Å²) in [5.41, 5.74) is 5.94. The highest BCUT2D eigenvalue weighted by Gasteiger charge is 2.39. The number of halogens is 1. The van der Waals surface area contributed by atoms with Crippen LogP contribution in [0, 0.1) is 13.8 Å². The monoisotopic (exact) mass is 516 g/mol. The summed E-state index contributed by atoms with van der Waals surface area (Å²) >= 11 is 7.38. The molecule has 3 aromatic carbocycles. The Bertz CT molecular complexity index is 1370. The van der Waals surface area contributed by atoms with Crippen LogP contribution in [0.15, 0.2) is 82.9 Å². The Kier molecular flexibility index (Phi) is 6.94. The molecule has 0 bridgehead atoms. The number of thioether (sulfide) groups is 1. The predicted octanol–water partition coefficient (Wildman–Crippen LogP) is 6.13. The first-order valence-corrected chi connectivity index (χ1v) is 13.0. The number of carbonyl (C=O) groups excluding carboxylic acids is 2. The van der Waals surface area contributed by atoms with Crippen molar-refractivity contribution in [3.05, 3.63) is 100 Å². The van der Waals surface area contributed by atoms with E-state index in [1.165, 1.54) is 11.8 Å². The maximum atomic E-state index is 12.8. The average molecular weight is 517 g/mol. The van der Waals surface area contributed by atoms with Crippen LogP contribution in [0.3, 0.4) is 0 Å². The summed E-state index contributed by atoms with van der Waals surface area (Å²) in [6, 6.07) is 23.3. The summed E-state index contributed by atoms with van der Waals surface area (Å²) in [4.78, 5) is 29.7. The van der Waals surface area contributed by atoms with E-state index < -0.39 is 5.25 Å². The number of carbonyl (C=O) groups is 2. The number of hydrogen-bond acceptors (Lipinski definition) is 5. The number of hydrogen-bond donors (Lipinski definition) is 1.